The average Bonchev–Trinajstić information content (AvgIpc) is 2.48. The first-order valence-corrected chi connectivity index (χ1v) is 7.77. The van der Waals surface area contributed by atoms with Crippen molar-refractivity contribution in [1.29, 1.82) is 0 Å². The van der Waals surface area contributed by atoms with Crippen LogP contribution in [0.3, 0.4) is 0 Å². The van der Waals surface area contributed by atoms with Gasteiger partial charge in [-0.2, -0.15) is 0 Å². The Bertz CT molecular complexity index is 452. The summed E-state index contributed by atoms with van der Waals surface area (Å²) in [5.41, 5.74) is 7.56. The number of aliphatic hydroxyl groups is 1. The number of hydrogen-bond acceptors (Lipinski definition) is 5. The third kappa shape index (κ3) is 4.05. The highest BCUT2D eigenvalue weighted by Gasteiger charge is 2.16. The lowest BCUT2D eigenvalue weighted by molar-refractivity contribution is 0.289. The molecule has 5 nitrogen and oxygen atoms in total. The predicted octanol–water partition coefficient (Wildman–Crippen LogP) is 2.10. The fraction of sp³-hybridized carbons (Fsp3) is 0.500. The van der Waals surface area contributed by atoms with Gasteiger partial charge in [0.15, 0.2) is 5.84 Å². The van der Waals surface area contributed by atoms with Crippen LogP contribution in [-0.2, 0) is 0 Å². The highest BCUT2D eigenvalue weighted by atomic mass is 32.2. The lowest BCUT2D eigenvalue weighted by Gasteiger charge is -2.26. The zero-order valence-electron chi connectivity index (χ0n) is 12.0. The van der Waals surface area contributed by atoms with Crippen molar-refractivity contribution in [3.63, 3.8) is 0 Å². The van der Waals surface area contributed by atoms with E-state index in [0.29, 0.717) is 6.42 Å². The first kappa shape index (κ1) is 16.7. The summed E-state index contributed by atoms with van der Waals surface area (Å²) in [4.78, 5) is 3.13. The minimum atomic E-state index is 0.124. The molecule has 0 aliphatic heterocycles. The van der Waals surface area contributed by atoms with E-state index in [1.807, 2.05) is 25.1 Å². The summed E-state index contributed by atoms with van der Waals surface area (Å²) in [6, 6.07) is 5.92. The van der Waals surface area contributed by atoms with Crippen molar-refractivity contribution in [2.45, 2.75) is 25.2 Å². The number of amidine groups is 1. The van der Waals surface area contributed by atoms with Crippen molar-refractivity contribution in [2.75, 3.05) is 30.3 Å². The molecule has 1 aromatic rings. The molecule has 1 rings (SSSR count). The van der Waals surface area contributed by atoms with Crippen molar-refractivity contribution >= 4 is 23.3 Å². The summed E-state index contributed by atoms with van der Waals surface area (Å²) < 4.78 is 0. The normalized spacial score (nSPS) is 11.7. The van der Waals surface area contributed by atoms with E-state index in [1.165, 1.54) is 0 Å². The molecular weight excluding hydrogens is 274 g/mol. The lowest BCUT2D eigenvalue weighted by atomic mass is 10.1. The maximum absolute atomic E-state index is 9.03. The maximum Gasteiger partial charge on any atom is 0.173 e. The van der Waals surface area contributed by atoms with E-state index >= 15 is 0 Å². The maximum atomic E-state index is 9.03. The molecule has 20 heavy (non-hydrogen) atoms. The van der Waals surface area contributed by atoms with E-state index in [9.17, 15) is 0 Å². The summed E-state index contributed by atoms with van der Waals surface area (Å²) in [6.45, 7) is 5.80. The zero-order chi connectivity index (χ0) is 15.0. The molecule has 0 unspecified atom stereocenters. The summed E-state index contributed by atoms with van der Waals surface area (Å²) in [6.07, 6.45) is 0.689. The highest BCUT2D eigenvalue weighted by molar-refractivity contribution is 7.99. The topological polar surface area (TPSA) is 82.1 Å². The summed E-state index contributed by atoms with van der Waals surface area (Å²) in [5, 5.41) is 21.2. The number of benzene rings is 1. The molecule has 0 saturated carbocycles. The molecule has 0 radical (unpaired) electrons. The Balaban J connectivity index is 3.25. The van der Waals surface area contributed by atoms with Crippen molar-refractivity contribution in [3.05, 3.63) is 23.8 Å². The SMILES string of the molecule is CCSc1cccc(N(CC)CCCO)c1/C(N)=N/O. The minimum Gasteiger partial charge on any atom is -0.409 e. The molecule has 0 aliphatic carbocycles. The number of oxime groups is 1. The number of rotatable bonds is 8. The first-order valence-electron chi connectivity index (χ1n) is 6.79. The Morgan fingerprint density at radius 2 is 2.15 bits per heavy atom. The number of nitrogens with two attached hydrogens (primary N) is 1. The van der Waals surface area contributed by atoms with E-state index < -0.39 is 0 Å². The van der Waals surface area contributed by atoms with Gasteiger partial charge in [-0.25, -0.2) is 0 Å². The molecule has 112 valence electrons. The van der Waals surface area contributed by atoms with Crippen LogP contribution in [0.5, 0.6) is 0 Å². The van der Waals surface area contributed by atoms with Crippen LogP contribution >= 0.6 is 11.8 Å². The predicted molar refractivity (Wildman–Crippen MR) is 84.9 cm³/mol. The molecular formula is C14H23N3O2S. The van der Waals surface area contributed by atoms with Gasteiger partial charge in [-0.1, -0.05) is 18.1 Å². The van der Waals surface area contributed by atoms with Gasteiger partial charge in [0, 0.05) is 30.3 Å². The largest absolute Gasteiger partial charge is 0.409 e. The van der Waals surface area contributed by atoms with Gasteiger partial charge in [-0.3, -0.25) is 0 Å². The fourth-order valence-electron chi connectivity index (χ4n) is 2.08. The monoisotopic (exact) mass is 297 g/mol. The van der Waals surface area contributed by atoms with Crippen LogP contribution in [0.2, 0.25) is 0 Å². The summed E-state index contributed by atoms with van der Waals surface area (Å²) in [5.74, 6) is 1.04. The van der Waals surface area contributed by atoms with Gasteiger partial charge < -0.3 is 20.9 Å². The fourth-order valence-corrected chi connectivity index (χ4v) is 2.92. The van der Waals surface area contributed by atoms with Gasteiger partial charge in [-0.15, -0.1) is 11.8 Å². The van der Waals surface area contributed by atoms with Gasteiger partial charge in [-0.05, 0) is 31.2 Å². The van der Waals surface area contributed by atoms with Crippen molar-refractivity contribution in [2.24, 2.45) is 10.9 Å². The van der Waals surface area contributed by atoms with Crippen LogP contribution in [0, 0.1) is 0 Å². The lowest BCUT2D eigenvalue weighted by Crippen LogP contribution is -2.28. The molecule has 0 bridgehead atoms. The van der Waals surface area contributed by atoms with Gasteiger partial charge in [0.1, 0.15) is 0 Å². The Hall–Kier alpha value is -1.40. The van der Waals surface area contributed by atoms with E-state index in [4.69, 9.17) is 16.0 Å². The molecule has 0 heterocycles. The molecule has 0 fully saturated rings. The van der Waals surface area contributed by atoms with E-state index in [-0.39, 0.29) is 12.4 Å². The number of anilines is 1. The Morgan fingerprint density at radius 1 is 1.40 bits per heavy atom. The van der Waals surface area contributed by atoms with E-state index in [1.54, 1.807) is 11.8 Å². The second-order valence-corrected chi connectivity index (χ2v) is 5.53. The number of thioether (sulfide) groups is 1. The van der Waals surface area contributed by atoms with Crippen LogP contribution in [0.4, 0.5) is 5.69 Å². The Labute approximate surface area is 124 Å². The van der Waals surface area contributed by atoms with Crippen LogP contribution in [0.1, 0.15) is 25.8 Å². The molecule has 0 amide bonds. The molecule has 0 aromatic heterocycles. The van der Waals surface area contributed by atoms with Gasteiger partial charge in [0.05, 0.1) is 5.56 Å². The minimum absolute atomic E-state index is 0.124. The second kappa shape index (κ2) is 8.71. The number of nitrogens with zero attached hydrogens (tertiary/aromatic N) is 2. The summed E-state index contributed by atoms with van der Waals surface area (Å²) >= 11 is 1.66. The van der Waals surface area contributed by atoms with E-state index in [2.05, 4.69) is 17.0 Å². The van der Waals surface area contributed by atoms with Crippen LogP contribution in [-0.4, -0.2) is 41.6 Å². The standard InChI is InChI=1S/C14H23N3O2S/c1-3-17(9-6-10-18)11-7-5-8-12(20-4-2)13(11)14(15)16-19/h5,7-8,18-19H,3-4,6,9-10H2,1-2H3,(H2,15,16). The van der Waals surface area contributed by atoms with Crippen LogP contribution < -0.4 is 10.6 Å². The van der Waals surface area contributed by atoms with Crippen molar-refractivity contribution in [3.8, 4) is 0 Å². The third-order valence-corrected chi connectivity index (χ3v) is 3.92. The number of aliphatic hydroxyl groups excluding tert-OH is 1. The molecule has 4 N–H and O–H groups in total. The van der Waals surface area contributed by atoms with Gasteiger partial charge in [0.2, 0.25) is 0 Å². The summed E-state index contributed by atoms with van der Waals surface area (Å²) in [7, 11) is 0. The van der Waals surface area contributed by atoms with E-state index in [0.717, 1.165) is 35.0 Å². The molecule has 1 aromatic carbocycles. The quantitative estimate of drug-likeness (QED) is 0.225. The zero-order valence-corrected chi connectivity index (χ0v) is 12.9. The second-order valence-electron chi connectivity index (χ2n) is 4.23. The Morgan fingerprint density at radius 3 is 2.70 bits per heavy atom. The van der Waals surface area contributed by atoms with Crippen LogP contribution in [0.25, 0.3) is 0 Å². The van der Waals surface area contributed by atoms with Gasteiger partial charge in [0.25, 0.3) is 0 Å². The molecule has 0 saturated heterocycles. The average molecular weight is 297 g/mol. The molecule has 0 spiro atoms. The third-order valence-electron chi connectivity index (χ3n) is 2.98. The smallest absolute Gasteiger partial charge is 0.173 e. The Kier molecular flexibility index (Phi) is 7.25. The van der Waals surface area contributed by atoms with Crippen molar-refractivity contribution < 1.29 is 10.3 Å². The van der Waals surface area contributed by atoms with Crippen molar-refractivity contribution in [1.82, 2.24) is 0 Å². The molecule has 0 atom stereocenters. The molecule has 0 aliphatic rings. The first-order chi connectivity index (χ1) is 9.69. The van der Waals surface area contributed by atoms with Crippen LogP contribution in [0.15, 0.2) is 28.3 Å². The van der Waals surface area contributed by atoms with Gasteiger partial charge >= 0.3 is 0 Å². The highest BCUT2D eigenvalue weighted by Crippen LogP contribution is 2.30. The molecule has 6 heteroatoms. The number of hydrogen-bond donors (Lipinski definition) is 3.